The number of hydrogen-bond acceptors (Lipinski definition) is 6. The minimum Gasteiger partial charge on any atom is -0.496 e. The highest BCUT2D eigenvalue weighted by atomic mass is 35.5. The first-order valence-corrected chi connectivity index (χ1v) is 7.45. The van der Waals surface area contributed by atoms with E-state index in [1.807, 2.05) is 19.1 Å². The number of nitrogens with zero attached hydrogens (tertiary/aromatic N) is 3. The highest BCUT2D eigenvalue weighted by Crippen LogP contribution is 2.34. The Bertz CT molecular complexity index is 906. The average molecular weight is 344 g/mol. The van der Waals surface area contributed by atoms with Crippen molar-refractivity contribution in [1.29, 1.82) is 0 Å². The van der Waals surface area contributed by atoms with Crippen LogP contribution in [0.1, 0.15) is 11.3 Å². The smallest absolute Gasteiger partial charge is 0.312 e. The molecule has 0 amide bonds. The van der Waals surface area contributed by atoms with Crippen LogP contribution >= 0.6 is 11.6 Å². The Morgan fingerprint density at radius 1 is 1.33 bits per heavy atom. The molecule has 0 spiro atoms. The molecular formula is C17H14ClN3O3. The maximum absolute atomic E-state index is 9.96. The van der Waals surface area contributed by atoms with Crippen molar-refractivity contribution < 1.29 is 14.3 Å². The zero-order valence-electron chi connectivity index (χ0n) is 13.0. The second-order valence-corrected chi connectivity index (χ2v) is 5.39. The Kier molecular flexibility index (Phi) is 4.48. The molecule has 1 N–H and O–H groups in total. The lowest BCUT2D eigenvalue weighted by atomic mass is 10.2. The van der Waals surface area contributed by atoms with Crippen molar-refractivity contribution in [3.63, 3.8) is 0 Å². The molecule has 0 saturated heterocycles. The number of hydrogen-bond donors (Lipinski definition) is 1. The standard InChI is InChI=1S/C17H14ClN3O3/c1-10-4-3-7-19-15(10)20-9-13-17(22)24-16(21-13)12-8-11(18)5-6-14(12)23-2/h3-9,22H,1-2H3/b20-9+. The van der Waals surface area contributed by atoms with E-state index in [0.29, 0.717) is 22.2 Å². The number of oxazole rings is 1. The first-order chi connectivity index (χ1) is 11.6. The van der Waals surface area contributed by atoms with E-state index in [4.69, 9.17) is 20.8 Å². The molecule has 0 bridgehead atoms. The van der Waals surface area contributed by atoms with E-state index in [0.717, 1.165) is 5.56 Å². The van der Waals surface area contributed by atoms with Crippen molar-refractivity contribution in [3.8, 4) is 23.1 Å². The number of methoxy groups -OCH3 is 1. The molecule has 2 aromatic heterocycles. The lowest BCUT2D eigenvalue weighted by Crippen LogP contribution is -1.89. The van der Waals surface area contributed by atoms with Gasteiger partial charge in [0.15, 0.2) is 11.5 Å². The largest absolute Gasteiger partial charge is 0.496 e. The van der Waals surface area contributed by atoms with Crippen LogP contribution in [0.3, 0.4) is 0 Å². The highest BCUT2D eigenvalue weighted by Gasteiger charge is 2.16. The number of pyridine rings is 1. The fourth-order valence-corrected chi connectivity index (χ4v) is 2.28. The molecule has 0 atom stereocenters. The molecule has 122 valence electrons. The summed E-state index contributed by atoms with van der Waals surface area (Å²) in [6.07, 6.45) is 3.04. The molecule has 0 unspecified atom stereocenters. The molecule has 2 heterocycles. The molecule has 0 radical (unpaired) electrons. The summed E-state index contributed by atoms with van der Waals surface area (Å²) in [4.78, 5) is 12.6. The predicted octanol–water partition coefficient (Wildman–Crippen LogP) is 4.16. The number of aromatic nitrogens is 2. The number of aliphatic imine (C=N–C) groups is 1. The van der Waals surface area contributed by atoms with Gasteiger partial charge in [-0.2, -0.15) is 0 Å². The van der Waals surface area contributed by atoms with Crippen LogP contribution in [0.4, 0.5) is 5.82 Å². The topological polar surface area (TPSA) is 80.7 Å². The number of benzene rings is 1. The van der Waals surface area contributed by atoms with Crippen LogP contribution in [0.25, 0.3) is 11.5 Å². The van der Waals surface area contributed by atoms with Crippen LogP contribution in [0.5, 0.6) is 11.7 Å². The van der Waals surface area contributed by atoms with Gasteiger partial charge in [-0.1, -0.05) is 17.7 Å². The number of ether oxygens (including phenoxy) is 1. The quantitative estimate of drug-likeness (QED) is 0.719. The molecule has 0 aliphatic rings. The van der Waals surface area contributed by atoms with Crippen LogP contribution < -0.4 is 4.74 Å². The zero-order chi connectivity index (χ0) is 17.1. The number of aryl methyl sites for hydroxylation is 1. The molecule has 3 rings (SSSR count). The van der Waals surface area contributed by atoms with Gasteiger partial charge in [0.1, 0.15) is 5.75 Å². The molecule has 0 aliphatic carbocycles. The van der Waals surface area contributed by atoms with Crippen molar-refractivity contribution in [2.45, 2.75) is 6.92 Å². The maximum atomic E-state index is 9.96. The van der Waals surface area contributed by atoms with E-state index in [1.165, 1.54) is 13.3 Å². The third kappa shape index (κ3) is 3.23. The zero-order valence-corrected chi connectivity index (χ0v) is 13.8. The summed E-state index contributed by atoms with van der Waals surface area (Å²) in [5.41, 5.74) is 1.64. The summed E-state index contributed by atoms with van der Waals surface area (Å²) in [6, 6.07) is 8.76. The van der Waals surface area contributed by atoms with E-state index in [2.05, 4.69) is 15.0 Å². The van der Waals surface area contributed by atoms with Crippen molar-refractivity contribution in [2.24, 2.45) is 4.99 Å². The number of halogens is 1. The molecule has 3 aromatic rings. The minimum atomic E-state index is -0.343. The fourth-order valence-electron chi connectivity index (χ4n) is 2.11. The molecular weight excluding hydrogens is 330 g/mol. The second kappa shape index (κ2) is 6.72. The van der Waals surface area contributed by atoms with Crippen LogP contribution in [0, 0.1) is 6.92 Å². The van der Waals surface area contributed by atoms with Gasteiger partial charge < -0.3 is 14.3 Å². The van der Waals surface area contributed by atoms with Crippen molar-refractivity contribution in [3.05, 3.63) is 52.8 Å². The summed E-state index contributed by atoms with van der Waals surface area (Å²) in [5, 5.41) is 10.5. The monoisotopic (exact) mass is 343 g/mol. The molecule has 7 heteroatoms. The predicted molar refractivity (Wildman–Crippen MR) is 91.4 cm³/mol. The summed E-state index contributed by atoms with van der Waals surface area (Å²) in [6.45, 7) is 1.89. The van der Waals surface area contributed by atoms with Gasteiger partial charge in [-0.25, -0.2) is 15.0 Å². The fraction of sp³-hybridized carbons (Fsp3) is 0.118. The SMILES string of the molecule is COc1ccc(Cl)cc1-c1nc(/C=N/c2ncccc2C)c(O)o1. The normalized spacial score (nSPS) is 11.1. The van der Waals surface area contributed by atoms with E-state index < -0.39 is 0 Å². The molecule has 0 saturated carbocycles. The van der Waals surface area contributed by atoms with Crippen LogP contribution in [-0.4, -0.2) is 28.4 Å². The van der Waals surface area contributed by atoms with Gasteiger partial charge in [0, 0.05) is 11.2 Å². The molecule has 0 fully saturated rings. The maximum Gasteiger partial charge on any atom is 0.312 e. The lowest BCUT2D eigenvalue weighted by molar-refractivity contribution is 0.336. The Labute approximate surface area is 143 Å². The summed E-state index contributed by atoms with van der Waals surface area (Å²) in [5.74, 6) is 0.918. The lowest BCUT2D eigenvalue weighted by Gasteiger charge is -2.04. The van der Waals surface area contributed by atoms with Gasteiger partial charge in [0.05, 0.1) is 18.9 Å². The Hall–Kier alpha value is -2.86. The molecule has 24 heavy (non-hydrogen) atoms. The van der Waals surface area contributed by atoms with E-state index in [1.54, 1.807) is 24.4 Å². The highest BCUT2D eigenvalue weighted by molar-refractivity contribution is 6.30. The summed E-state index contributed by atoms with van der Waals surface area (Å²) >= 11 is 6.01. The minimum absolute atomic E-state index is 0.186. The van der Waals surface area contributed by atoms with Gasteiger partial charge >= 0.3 is 5.95 Å². The van der Waals surface area contributed by atoms with E-state index in [9.17, 15) is 5.11 Å². The van der Waals surface area contributed by atoms with E-state index in [-0.39, 0.29) is 17.5 Å². The second-order valence-electron chi connectivity index (χ2n) is 4.96. The third-order valence-electron chi connectivity index (χ3n) is 3.32. The van der Waals surface area contributed by atoms with Crippen molar-refractivity contribution >= 4 is 23.6 Å². The Morgan fingerprint density at radius 2 is 2.17 bits per heavy atom. The Morgan fingerprint density at radius 3 is 2.92 bits per heavy atom. The van der Waals surface area contributed by atoms with Crippen molar-refractivity contribution in [1.82, 2.24) is 9.97 Å². The van der Waals surface area contributed by atoms with Gasteiger partial charge in [-0.3, -0.25) is 0 Å². The molecule has 0 aliphatic heterocycles. The molecule has 6 nitrogen and oxygen atoms in total. The van der Waals surface area contributed by atoms with Crippen LogP contribution in [-0.2, 0) is 0 Å². The first kappa shape index (κ1) is 16.0. The van der Waals surface area contributed by atoms with Gasteiger partial charge in [0.25, 0.3) is 0 Å². The number of aromatic hydroxyl groups is 1. The average Bonchev–Trinajstić information content (AvgIpc) is 2.95. The van der Waals surface area contributed by atoms with Gasteiger partial charge in [-0.05, 0) is 36.8 Å². The molecule has 1 aromatic carbocycles. The van der Waals surface area contributed by atoms with Crippen LogP contribution in [0.15, 0.2) is 45.9 Å². The number of rotatable bonds is 4. The summed E-state index contributed by atoms with van der Waals surface area (Å²) in [7, 11) is 1.53. The van der Waals surface area contributed by atoms with Gasteiger partial charge in [-0.15, -0.1) is 0 Å². The Balaban J connectivity index is 1.97. The van der Waals surface area contributed by atoms with Crippen molar-refractivity contribution in [2.75, 3.05) is 7.11 Å². The van der Waals surface area contributed by atoms with E-state index >= 15 is 0 Å². The third-order valence-corrected chi connectivity index (χ3v) is 3.55. The summed E-state index contributed by atoms with van der Waals surface area (Å²) < 4.78 is 10.6. The van der Waals surface area contributed by atoms with Crippen LogP contribution in [0.2, 0.25) is 5.02 Å². The first-order valence-electron chi connectivity index (χ1n) is 7.08. The van der Waals surface area contributed by atoms with Gasteiger partial charge in [0.2, 0.25) is 5.89 Å².